The summed E-state index contributed by atoms with van der Waals surface area (Å²) in [7, 11) is 1.38. The Hall–Kier alpha value is -1.25. The Bertz CT molecular complexity index is 441. The summed E-state index contributed by atoms with van der Waals surface area (Å²) in [5.74, 6) is 0. The Morgan fingerprint density at radius 2 is 1.13 bits per heavy atom. The van der Waals surface area contributed by atoms with E-state index < -0.39 is 0 Å². The SMILES string of the molecule is S=S=C(c1ccccc1)c1ccccc1. The Kier molecular flexibility index (Phi) is 3.43. The van der Waals surface area contributed by atoms with Crippen LogP contribution in [-0.4, -0.2) is 4.86 Å². The second kappa shape index (κ2) is 5.01. The van der Waals surface area contributed by atoms with E-state index in [2.05, 4.69) is 24.3 Å². The largest absolute Gasteiger partial charge is 0.0678 e. The number of hydrogen-bond acceptors (Lipinski definition) is 1. The molecular weight excluding hydrogens is 220 g/mol. The molecular formula is C13H10S2. The van der Waals surface area contributed by atoms with Gasteiger partial charge in [-0.25, -0.2) is 0 Å². The quantitative estimate of drug-likeness (QED) is 0.565. The summed E-state index contributed by atoms with van der Waals surface area (Å²) in [6.07, 6.45) is 0. The van der Waals surface area contributed by atoms with E-state index in [0.29, 0.717) is 0 Å². The Morgan fingerprint density at radius 3 is 1.47 bits per heavy atom. The maximum absolute atomic E-state index is 5.12. The van der Waals surface area contributed by atoms with E-state index in [0.717, 1.165) is 4.86 Å². The fourth-order valence-corrected chi connectivity index (χ4v) is 2.48. The Morgan fingerprint density at radius 1 is 0.733 bits per heavy atom. The predicted molar refractivity (Wildman–Crippen MR) is 70.8 cm³/mol. The van der Waals surface area contributed by atoms with Gasteiger partial charge in [0.25, 0.3) is 0 Å². The van der Waals surface area contributed by atoms with Crippen LogP contribution in [0.3, 0.4) is 0 Å². The van der Waals surface area contributed by atoms with Crippen LogP contribution in [0.1, 0.15) is 11.1 Å². The maximum Gasteiger partial charge on any atom is 0.0529 e. The molecule has 0 unspecified atom stereocenters. The highest BCUT2D eigenvalue weighted by Crippen LogP contribution is 2.08. The molecule has 0 aliphatic rings. The molecule has 0 spiro atoms. The highest BCUT2D eigenvalue weighted by Gasteiger charge is 2.02. The lowest BCUT2D eigenvalue weighted by Gasteiger charge is -2.03. The molecule has 0 amide bonds. The third kappa shape index (κ3) is 2.41. The van der Waals surface area contributed by atoms with E-state index in [1.54, 1.807) is 0 Å². The smallest absolute Gasteiger partial charge is 0.0529 e. The number of rotatable bonds is 2. The summed E-state index contributed by atoms with van der Waals surface area (Å²) in [5.41, 5.74) is 2.37. The molecule has 0 heterocycles. The molecule has 0 fully saturated rings. The maximum atomic E-state index is 5.12. The van der Waals surface area contributed by atoms with Gasteiger partial charge in [0.15, 0.2) is 0 Å². The minimum Gasteiger partial charge on any atom is -0.0678 e. The molecule has 0 N–H and O–H groups in total. The second-order valence-electron chi connectivity index (χ2n) is 3.14. The molecule has 0 radical (unpaired) electrons. The lowest BCUT2D eigenvalue weighted by Crippen LogP contribution is -2.01. The monoisotopic (exact) mass is 230 g/mol. The zero-order chi connectivity index (χ0) is 10.5. The summed E-state index contributed by atoms with van der Waals surface area (Å²) < 4.78 is 0. The van der Waals surface area contributed by atoms with E-state index in [4.69, 9.17) is 11.2 Å². The van der Waals surface area contributed by atoms with Crippen LogP contribution >= 0.6 is 0 Å². The van der Waals surface area contributed by atoms with Crippen LogP contribution in [0.4, 0.5) is 0 Å². The summed E-state index contributed by atoms with van der Waals surface area (Å²) >= 11 is 5.12. The second-order valence-corrected chi connectivity index (χ2v) is 4.22. The minimum atomic E-state index is 1.14. The van der Waals surface area contributed by atoms with Crippen molar-refractivity contribution in [1.82, 2.24) is 0 Å². The molecule has 0 bridgehead atoms. The predicted octanol–water partition coefficient (Wildman–Crippen LogP) is 2.80. The topological polar surface area (TPSA) is 0 Å². The van der Waals surface area contributed by atoms with Gasteiger partial charge in [-0.2, -0.15) is 0 Å². The van der Waals surface area contributed by atoms with Gasteiger partial charge in [-0.3, -0.25) is 0 Å². The van der Waals surface area contributed by atoms with Gasteiger partial charge in [0.1, 0.15) is 0 Å². The molecule has 0 atom stereocenters. The van der Waals surface area contributed by atoms with Gasteiger partial charge in [-0.1, -0.05) is 70.6 Å². The van der Waals surface area contributed by atoms with E-state index in [1.165, 1.54) is 21.0 Å². The molecule has 0 saturated carbocycles. The summed E-state index contributed by atoms with van der Waals surface area (Å²) in [6, 6.07) is 20.5. The molecule has 0 nitrogen and oxygen atoms in total. The summed E-state index contributed by atoms with van der Waals surface area (Å²) in [6.45, 7) is 0. The van der Waals surface area contributed by atoms with Gasteiger partial charge < -0.3 is 0 Å². The van der Waals surface area contributed by atoms with Crippen LogP contribution in [0.15, 0.2) is 60.7 Å². The third-order valence-electron chi connectivity index (χ3n) is 2.16. The molecule has 0 saturated heterocycles. The molecule has 2 aromatic rings. The van der Waals surface area contributed by atoms with Gasteiger partial charge >= 0.3 is 0 Å². The fraction of sp³-hybridized carbons (Fsp3) is 0. The molecule has 0 aromatic heterocycles. The molecule has 15 heavy (non-hydrogen) atoms. The Balaban J connectivity index is 2.48. The molecule has 2 aromatic carbocycles. The first-order chi connectivity index (χ1) is 7.42. The molecule has 74 valence electrons. The normalized spacial score (nSPS) is 9.60. The van der Waals surface area contributed by atoms with Gasteiger partial charge in [-0.05, 0) is 22.3 Å². The average molecular weight is 230 g/mol. The number of benzene rings is 2. The molecule has 0 aliphatic carbocycles. The van der Waals surface area contributed by atoms with Crippen molar-refractivity contribution in [3.05, 3.63) is 71.8 Å². The van der Waals surface area contributed by atoms with Gasteiger partial charge in [0, 0.05) is 0 Å². The van der Waals surface area contributed by atoms with Crippen molar-refractivity contribution in [3.8, 4) is 0 Å². The van der Waals surface area contributed by atoms with Crippen LogP contribution in [0.5, 0.6) is 0 Å². The van der Waals surface area contributed by atoms with Crippen molar-refractivity contribution in [2.24, 2.45) is 0 Å². The Labute approximate surface area is 97.8 Å². The molecule has 2 rings (SSSR count). The van der Waals surface area contributed by atoms with E-state index in [9.17, 15) is 0 Å². The van der Waals surface area contributed by atoms with Crippen molar-refractivity contribution in [2.45, 2.75) is 0 Å². The van der Waals surface area contributed by atoms with Gasteiger partial charge in [0.2, 0.25) is 0 Å². The first kappa shape index (κ1) is 10.3. The number of hydrogen-bond donors (Lipinski definition) is 0. The van der Waals surface area contributed by atoms with Gasteiger partial charge in [0.05, 0.1) is 4.86 Å². The standard InChI is InChI=1S/C13H10S2/c14-15-13(11-7-3-1-4-8-11)12-9-5-2-6-10-12/h1-10H. The first-order valence-corrected chi connectivity index (χ1v) is 6.43. The average Bonchev–Trinajstić information content (AvgIpc) is 2.33. The van der Waals surface area contributed by atoms with Crippen molar-refractivity contribution in [1.29, 1.82) is 0 Å². The van der Waals surface area contributed by atoms with Gasteiger partial charge in [-0.15, -0.1) is 0 Å². The molecule has 0 aliphatic heterocycles. The summed E-state index contributed by atoms with van der Waals surface area (Å²) in [5, 5.41) is 0. The van der Waals surface area contributed by atoms with Crippen LogP contribution in [0, 0.1) is 0 Å². The van der Waals surface area contributed by atoms with Crippen molar-refractivity contribution >= 4 is 26.0 Å². The van der Waals surface area contributed by atoms with Crippen molar-refractivity contribution < 1.29 is 0 Å². The van der Waals surface area contributed by atoms with E-state index in [1.807, 2.05) is 36.4 Å². The minimum absolute atomic E-state index is 1.14. The zero-order valence-electron chi connectivity index (χ0n) is 8.09. The van der Waals surface area contributed by atoms with Crippen LogP contribution < -0.4 is 0 Å². The fourth-order valence-electron chi connectivity index (χ4n) is 1.44. The lowest BCUT2D eigenvalue weighted by atomic mass is 10.1. The summed E-state index contributed by atoms with van der Waals surface area (Å²) in [4.78, 5) is 1.14. The lowest BCUT2D eigenvalue weighted by molar-refractivity contribution is 1.62. The molecule has 2 heteroatoms. The van der Waals surface area contributed by atoms with E-state index >= 15 is 0 Å². The van der Waals surface area contributed by atoms with Crippen LogP contribution in [0.25, 0.3) is 0 Å². The third-order valence-corrected chi connectivity index (χ3v) is 3.29. The zero-order valence-corrected chi connectivity index (χ0v) is 9.72. The highest BCUT2D eigenvalue weighted by molar-refractivity contribution is 8.17. The van der Waals surface area contributed by atoms with Crippen LogP contribution in [-0.2, 0) is 21.1 Å². The van der Waals surface area contributed by atoms with E-state index in [-0.39, 0.29) is 0 Å². The van der Waals surface area contributed by atoms with Crippen LogP contribution in [0.2, 0.25) is 0 Å². The van der Waals surface area contributed by atoms with Crippen molar-refractivity contribution in [3.63, 3.8) is 0 Å². The highest BCUT2D eigenvalue weighted by atomic mass is 32.8. The first-order valence-electron chi connectivity index (χ1n) is 4.69. The van der Waals surface area contributed by atoms with Crippen molar-refractivity contribution in [2.75, 3.05) is 0 Å².